The van der Waals surface area contributed by atoms with E-state index < -0.39 is 11.6 Å². The summed E-state index contributed by atoms with van der Waals surface area (Å²) in [7, 11) is 0. The van der Waals surface area contributed by atoms with Crippen LogP contribution in [0.4, 0.5) is 14.6 Å². The average Bonchev–Trinajstić information content (AvgIpc) is 2.57. The molecule has 0 bridgehead atoms. The fraction of sp³-hybridized carbons (Fsp3) is 0. The summed E-state index contributed by atoms with van der Waals surface area (Å²) in [5, 5.41) is 6.14. The molecule has 0 aliphatic carbocycles. The van der Waals surface area contributed by atoms with E-state index in [1.165, 1.54) is 18.2 Å². The molecule has 72 valence electrons. The van der Waals surface area contributed by atoms with Crippen LogP contribution in [0.5, 0.6) is 0 Å². The number of rotatable bonds is 1. The van der Waals surface area contributed by atoms with Gasteiger partial charge in [0.25, 0.3) is 0 Å². The number of H-pyrrole nitrogens is 1. The Kier molecular flexibility index (Phi) is 1.92. The molecule has 3 nitrogen and oxygen atoms in total. The summed E-state index contributed by atoms with van der Waals surface area (Å²) >= 11 is 0. The maximum Gasteiger partial charge on any atom is 0.168 e. The molecule has 1 aromatic heterocycles. The van der Waals surface area contributed by atoms with E-state index in [2.05, 4.69) is 10.2 Å². The van der Waals surface area contributed by atoms with Crippen LogP contribution in [0.25, 0.3) is 11.3 Å². The Labute approximate surface area is 78.6 Å². The number of nitrogens with two attached hydrogens (primary N) is 1. The van der Waals surface area contributed by atoms with Gasteiger partial charge in [-0.25, -0.2) is 8.78 Å². The number of nitrogens with zero attached hydrogens (tertiary/aromatic N) is 1. The Morgan fingerprint density at radius 1 is 1.29 bits per heavy atom. The van der Waals surface area contributed by atoms with E-state index in [9.17, 15) is 8.78 Å². The third-order valence-corrected chi connectivity index (χ3v) is 1.84. The number of benzene rings is 1. The van der Waals surface area contributed by atoms with Crippen LogP contribution in [0, 0.1) is 11.6 Å². The van der Waals surface area contributed by atoms with E-state index >= 15 is 0 Å². The lowest BCUT2D eigenvalue weighted by molar-refractivity contribution is 0.511. The third kappa shape index (κ3) is 1.32. The van der Waals surface area contributed by atoms with Gasteiger partial charge in [-0.05, 0) is 12.1 Å². The fourth-order valence-corrected chi connectivity index (χ4v) is 1.19. The second-order valence-electron chi connectivity index (χ2n) is 2.81. The van der Waals surface area contributed by atoms with E-state index in [-0.39, 0.29) is 11.4 Å². The van der Waals surface area contributed by atoms with Crippen LogP contribution in [0.2, 0.25) is 0 Å². The smallest absolute Gasteiger partial charge is 0.168 e. The first-order valence-electron chi connectivity index (χ1n) is 3.94. The van der Waals surface area contributed by atoms with Crippen molar-refractivity contribution in [2.75, 3.05) is 5.73 Å². The van der Waals surface area contributed by atoms with Crippen LogP contribution in [0.1, 0.15) is 0 Å². The van der Waals surface area contributed by atoms with Crippen LogP contribution in [-0.2, 0) is 0 Å². The monoisotopic (exact) mass is 195 g/mol. The number of halogens is 2. The minimum atomic E-state index is -0.906. The largest absolute Gasteiger partial charge is 0.382 e. The second kappa shape index (κ2) is 3.10. The summed E-state index contributed by atoms with van der Waals surface area (Å²) in [6.07, 6.45) is 0. The molecule has 0 amide bonds. The van der Waals surface area contributed by atoms with Crippen molar-refractivity contribution in [2.45, 2.75) is 0 Å². The highest BCUT2D eigenvalue weighted by atomic mass is 19.2. The van der Waals surface area contributed by atoms with E-state index in [1.54, 1.807) is 0 Å². The van der Waals surface area contributed by atoms with Crippen molar-refractivity contribution in [3.05, 3.63) is 35.9 Å². The molecule has 0 aliphatic heterocycles. The number of aromatic nitrogens is 2. The lowest BCUT2D eigenvalue weighted by atomic mass is 10.1. The highest BCUT2D eigenvalue weighted by Crippen LogP contribution is 2.23. The van der Waals surface area contributed by atoms with Crippen LogP contribution in [0.3, 0.4) is 0 Å². The SMILES string of the molecule is Nc1cc(-c2cccc(F)c2F)[nH]n1. The predicted octanol–water partition coefficient (Wildman–Crippen LogP) is 1.94. The van der Waals surface area contributed by atoms with E-state index in [4.69, 9.17) is 5.73 Å². The van der Waals surface area contributed by atoms with Gasteiger partial charge in [-0.2, -0.15) is 5.10 Å². The van der Waals surface area contributed by atoms with Gasteiger partial charge >= 0.3 is 0 Å². The molecule has 0 unspecified atom stereocenters. The summed E-state index contributed by atoms with van der Waals surface area (Å²) in [4.78, 5) is 0. The maximum atomic E-state index is 13.2. The molecular weight excluding hydrogens is 188 g/mol. The molecule has 1 aromatic carbocycles. The third-order valence-electron chi connectivity index (χ3n) is 1.84. The van der Waals surface area contributed by atoms with Crippen molar-refractivity contribution in [1.29, 1.82) is 0 Å². The molecule has 3 N–H and O–H groups in total. The van der Waals surface area contributed by atoms with Gasteiger partial charge in [0.1, 0.15) is 5.82 Å². The molecule has 0 fully saturated rings. The van der Waals surface area contributed by atoms with Gasteiger partial charge in [0.15, 0.2) is 11.6 Å². The Bertz CT molecular complexity index is 465. The number of aromatic amines is 1. The minimum absolute atomic E-state index is 0.120. The van der Waals surface area contributed by atoms with Crippen molar-refractivity contribution < 1.29 is 8.78 Å². The van der Waals surface area contributed by atoms with Crippen molar-refractivity contribution >= 4 is 5.82 Å². The topological polar surface area (TPSA) is 54.7 Å². The first-order valence-corrected chi connectivity index (χ1v) is 3.94. The zero-order chi connectivity index (χ0) is 10.1. The van der Waals surface area contributed by atoms with Gasteiger partial charge in [-0.15, -0.1) is 0 Å². The Morgan fingerprint density at radius 2 is 2.07 bits per heavy atom. The summed E-state index contributed by atoms with van der Waals surface area (Å²) in [5.41, 5.74) is 5.83. The Balaban J connectivity index is 2.57. The van der Waals surface area contributed by atoms with E-state index in [1.807, 2.05) is 0 Å². The van der Waals surface area contributed by atoms with Gasteiger partial charge in [0.05, 0.1) is 5.69 Å². The molecule has 0 radical (unpaired) electrons. The fourth-order valence-electron chi connectivity index (χ4n) is 1.19. The second-order valence-corrected chi connectivity index (χ2v) is 2.81. The normalized spacial score (nSPS) is 10.4. The standard InChI is InChI=1S/C9H7F2N3/c10-6-3-1-2-5(9(6)11)7-4-8(12)14-13-7/h1-4H,(H3,12,13,14). The first kappa shape index (κ1) is 8.68. The molecule has 0 saturated carbocycles. The zero-order valence-electron chi connectivity index (χ0n) is 7.09. The van der Waals surface area contributed by atoms with Crippen molar-refractivity contribution in [1.82, 2.24) is 10.2 Å². The molecule has 2 rings (SSSR count). The molecule has 0 aliphatic rings. The maximum absolute atomic E-state index is 13.2. The highest BCUT2D eigenvalue weighted by molar-refractivity contribution is 5.62. The first-order chi connectivity index (χ1) is 6.68. The summed E-state index contributed by atoms with van der Waals surface area (Å²) in [6, 6.07) is 5.37. The number of anilines is 1. The van der Waals surface area contributed by atoms with Gasteiger partial charge in [-0.1, -0.05) is 6.07 Å². The molecular formula is C9H7F2N3. The Hall–Kier alpha value is -1.91. The van der Waals surface area contributed by atoms with Gasteiger partial charge in [-0.3, -0.25) is 5.10 Å². The minimum Gasteiger partial charge on any atom is -0.382 e. The molecule has 0 atom stereocenters. The number of hydrogen-bond donors (Lipinski definition) is 2. The summed E-state index contributed by atoms with van der Waals surface area (Å²) in [5.74, 6) is -1.56. The molecule has 5 heteroatoms. The van der Waals surface area contributed by atoms with Crippen LogP contribution >= 0.6 is 0 Å². The number of nitrogens with one attached hydrogen (secondary N) is 1. The van der Waals surface area contributed by atoms with Gasteiger partial charge in [0.2, 0.25) is 0 Å². The van der Waals surface area contributed by atoms with Crippen LogP contribution < -0.4 is 5.73 Å². The lowest BCUT2D eigenvalue weighted by Crippen LogP contribution is -1.88. The molecule has 1 heterocycles. The van der Waals surface area contributed by atoms with E-state index in [0.717, 1.165) is 6.07 Å². The van der Waals surface area contributed by atoms with Crippen molar-refractivity contribution in [3.63, 3.8) is 0 Å². The molecule has 0 spiro atoms. The quantitative estimate of drug-likeness (QED) is 0.730. The lowest BCUT2D eigenvalue weighted by Gasteiger charge is -1.99. The highest BCUT2D eigenvalue weighted by Gasteiger charge is 2.10. The summed E-state index contributed by atoms with van der Waals surface area (Å²) < 4.78 is 26.1. The van der Waals surface area contributed by atoms with Crippen LogP contribution in [0.15, 0.2) is 24.3 Å². The average molecular weight is 195 g/mol. The molecule has 14 heavy (non-hydrogen) atoms. The van der Waals surface area contributed by atoms with Gasteiger partial charge in [0, 0.05) is 11.6 Å². The van der Waals surface area contributed by atoms with Gasteiger partial charge < -0.3 is 5.73 Å². The summed E-state index contributed by atoms with van der Waals surface area (Å²) in [6.45, 7) is 0. The van der Waals surface area contributed by atoms with E-state index in [0.29, 0.717) is 5.69 Å². The molecule has 2 aromatic rings. The Morgan fingerprint density at radius 3 is 2.71 bits per heavy atom. The van der Waals surface area contributed by atoms with Crippen molar-refractivity contribution in [3.8, 4) is 11.3 Å². The van der Waals surface area contributed by atoms with Crippen molar-refractivity contribution in [2.24, 2.45) is 0 Å². The predicted molar refractivity (Wildman–Crippen MR) is 48.4 cm³/mol. The number of hydrogen-bond acceptors (Lipinski definition) is 2. The number of nitrogen functional groups attached to an aromatic ring is 1. The zero-order valence-corrected chi connectivity index (χ0v) is 7.09. The molecule has 0 saturated heterocycles. The van der Waals surface area contributed by atoms with Crippen LogP contribution in [-0.4, -0.2) is 10.2 Å².